The van der Waals surface area contributed by atoms with Crippen LogP contribution in [0.2, 0.25) is 5.02 Å². The first-order valence-corrected chi connectivity index (χ1v) is 14.0. The van der Waals surface area contributed by atoms with Gasteiger partial charge in [0.05, 0.1) is 17.1 Å². The summed E-state index contributed by atoms with van der Waals surface area (Å²) in [6.07, 6.45) is 3.87. The Kier molecular flexibility index (Phi) is 9.29. The maximum Gasteiger partial charge on any atom is 0.253 e. The number of ether oxygens (including phenoxy) is 1. The van der Waals surface area contributed by atoms with Crippen molar-refractivity contribution in [3.05, 3.63) is 88.8 Å². The Morgan fingerprint density at radius 2 is 1.74 bits per heavy atom. The molecule has 1 aromatic heterocycles. The maximum atomic E-state index is 13.2. The number of anilines is 1. The molecule has 3 heterocycles. The third-order valence-electron chi connectivity index (χ3n) is 7.49. The Morgan fingerprint density at radius 3 is 2.44 bits per heavy atom. The second kappa shape index (κ2) is 13.2. The molecule has 1 N–H and O–H groups in total. The van der Waals surface area contributed by atoms with Crippen LogP contribution in [0.15, 0.2) is 66.9 Å². The molecule has 39 heavy (non-hydrogen) atoms. The monoisotopic (exact) mass is 553 g/mol. The number of rotatable bonds is 9. The highest BCUT2D eigenvalue weighted by Crippen LogP contribution is 2.27. The van der Waals surface area contributed by atoms with E-state index in [1.165, 1.54) is 12.1 Å². The summed E-state index contributed by atoms with van der Waals surface area (Å²) in [5.41, 5.74) is 1.60. The summed E-state index contributed by atoms with van der Waals surface area (Å²) >= 11 is 6.58. The molecule has 3 aromatic rings. The summed E-state index contributed by atoms with van der Waals surface area (Å²) in [4.78, 5) is 24.3. The molecule has 208 valence electrons. The Balaban J connectivity index is 0.00000370. The van der Waals surface area contributed by atoms with Crippen molar-refractivity contribution in [2.45, 2.75) is 25.4 Å². The summed E-state index contributed by atoms with van der Waals surface area (Å²) in [5, 5.41) is 3.35. The van der Waals surface area contributed by atoms with E-state index in [-0.39, 0.29) is 13.2 Å². The van der Waals surface area contributed by atoms with Crippen molar-refractivity contribution in [3.8, 4) is 5.75 Å². The summed E-state index contributed by atoms with van der Waals surface area (Å²) in [6, 6.07) is 18.6. The minimum absolute atomic E-state index is 0. The molecular weight excluding hydrogens is 517 g/mol. The van der Waals surface area contributed by atoms with E-state index < -0.39 is 0 Å². The second-order valence-electron chi connectivity index (χ2n) is 10.1. The lowest BCUT2D eigenvalue weighted by Gasteiger charge is -2.43. The predicted molar refractivity (Wildman–Crippen MR) is 154 cm³/mol. The smallest absolute Gasteiger partial charge is 0.253 e. The largest absolute Gasteiger partial charge is 0.492 e. The molecule has 7 nitrogen and oxygen atoms in total. The number of nitrogens with zero attached hydrogens (tertiary/aromatic N) is 4. The third kappa shape index (κ3) is 7.47. The SMILES string of the molecule is O=C(NCCOc1ccccc1)c1cnc(N2CCN(C3CCN(Cc4ccc(F)cc4)CC3)CC2)c(Cl)c1.[HH]. The number of carbonyl (C=O) groups is 1. The topological polar surface area (TPSA) is 60.9 Å². The molecule has 2 saturated heterocycles. The first-order valence-electron chi connectivity index (χ1n) is 13.6. The van der Waals surface area contributed by atoms with Gasteiger partial charge in [-0.15, -0.1) is 0 Å². The highest BCUT2D eigenvalue weighted by molar-refractivity contribution is 6.33. The Bertz CT molecular complexity index is 1220. The number of nitrogens with one attached hydrogen (secondary N) is 1. The number of carbonyl (C=O) groups excluding carboxylic acids is 1. The number of benzene rings is 2. The van der Waals surface area contributed by atoms with E-state index in [1.54, 1.807) is 12.3 Å². The first kappa shape index (κ1) is 27.4. The fraction of sp³-hybridized carbons (Fsp3) is 0.400. The molecule has 0 spiro atoms. The Labute approximate surface area is 236 Å². The molecule has 0 unspecified atom stereocenters. The molecule has 0 aliphatic carbocycles. The van der Waals surface area contributed by atoms with E-state index in [0.29, 0.717) is 29.8 Å². The van der Waals surface area contributed by atoms with Crippen molar-refractivity contribution >= 4 is 23.3 Å². The van der Waals surface area contributed by atoms with Gasteiger partial charge in [-0.25, -0.2) is 9.37 Å². The van der Waals surface area contributed by atoms with Gasteiger partial charge in [-0.2, -0.15) is 0 Å². The van der Waals surface area contributed by atoms with E-state index in [4.69, 9.17) is 16.3 Å². The number of likely N-dealkylation sites (tertiary alicyclic amines) is 1. The van der Waals surface area contributed by atoms with Gasteiger partial charge in [0, 0.05) is 46.4 Å². The van der Waals surface area contributed by atoms with Crippen LogP contribution in [0.25, 0.3) is 0 Å². The zero-order valence-electron chi connectivity index (χ0n) is 22.1. The molecule has 0 atom stereocenters. The van der Waals surface area contributed by atoms with Crippen LogP contribution in [0.1, 0.15) is 30.2 Å². The van der Waals surface area contributed by atoms with Crippen LogP contribution in [0.4, 0.5) is 10.2 Å². The summed E-state index contributed by atoms with van der Waals surface area (Å²) in [6.45, 7) is 7.38. The zero-order valence-corrected chi connectivity index (χ0v) is 22.8. The average molecular weight is 554 g/mol. The van der Waals surface area contributed by atoms with Gasteiger partial charge in [-0.1, -0.05) is 41.9 Å². The number of piperidine rings is 1. The van der Waals surface area contributed by atoms with E-state index in [2.05, 4.69) is 25.0 Å². The van der Waals surface area contributed by atoms with Crippen molar-refractivity contribution in [1.82, 2.24) is 20.1 Å². The number of pyridine rings is 1. The van der Waals surface area contributed by atoms with Crippen molar-refractivity contribution < 1.29 is 15.3 Å². The quantitative estimate of drug-likeness (QED) is 0.387. The fourth-order valence-electron chi connectivity index (χ4n) is 5.33. The summed E-state index contributed by atoms with van der Waals surface area (Å²) < 4.78 is 18.8. The third-order valence-corrected chi connectivity index (χ3v) is 7.77. The van der Waals surface area contributed by atoms with Gasteiger partial charge < -0.3 is 15.0 Å². The number of aromatic nitrogens is 1. The van der Waals surface area contributed by atoms with Gasteiger partial charge in [0.2, 0.25) is 0 Å². The second-order valence-corrected chi connectivity index (χ2v) is 10.5. The highest BCUT2D eigenvalue weighted by Gasteiger charge is 2.28. The summed E-state index contributed by atoms with van der Waals surface area (Å²) in [5.74, 6) is 1.10. The summed E-state index contributed by atoms with van der Waals surface area (Å²) in [7, 11) is 0. The lowest BCUT2D eigenvalue weighted by molar-refractivity contribution is 0.0946. The van der Waals surface area contributed by atoms with Crippen LogP contribution in [0, 0.1) is 5.82 Å². The molecule has 2 aromatic carbocycles. The average Bonchev–Trinajstić information content (AvgIpc) is 2.97. The normalized spacial score (nSPS) is 17.2. The van der Waals surface area contributed by atoms with Crippen molar-refractivity contribution in [2.75, 3.05) is 57.3 Å². The van der Waals surface area contributed by atoms with Crippen LogP contribution in [0.5, 0.6) is 5.75 Å². The van der Waals surface area contributed by atoms with Crippen molar-refractivity contribution in [2.24, 2.45) is 0 Å². The molecule has 1 amide bonds. The number of para-hydroxylation sites is 1. The number of hydrogen-bond donors (Lipinski definition) is 1. The van der Waals surface area contributed by atoms with E-state index in [9.17, 15) is 9.18 Å². The maximum absolute atomic E-state index is 13.2. The van der Waals surface area contributed by atoms with E-state index >= 15 is 0 Å². The van der Waals surface area contributed by atoms with Crippen LogP contribution >= 0.6 is 11.6 Å². The zero-order chi connectivity index (χ0) is 27.0. The van der Waals surface area contributed by atoms with E-state index in [1.807, 2.05) is 42.5 Å². The van der Waals surface area contributed by atoms with E-state index in [0.717, 1.165) is 75.8 Å². The van der Waals surface area contributed by atoms with Gasteiger partial charge >= 0.3 is 0 Å². The number of piperazine rings is 1. The number of hydrogen-bond acceptors (Lipinski definition) is 6. The molecule has 0 saturated carbocycles. The number of amides is 1. The minimum atomic E-state index is -0.219. The van der Waals surface area contributed by atoms with Crippen LogP contribution in [-0.2, 0) is 6.54 Å². The highest BCUT2D eigenvalue weighted by atomic mass is 35.5. The van der Waals surface area contributed by atoms with Crippen LogP contribution in [-0.4, -0.2) is 79.2 Å². The Hall–Kier alpha value is -3.20. The van der Waals surface area contributed by atoms with Crippen LogP contribution in [0.3, 0.4) is 0 Å². The standard InChI is InChI=1S/C30H35ClFN5O2.H2/c31-28-20-24(30(38)33-12-19-39-27-4-2-1-3-5-27)21-34-29(28)37-17-15-36(16-18-37)26-10-13-35(14-11-26)22-23-6-8-25(32)9-7-23;/h1-9,20-21,26H,10-19,22H2,(H,33,38);1H. The number of halogens is 2. The van der Waals surface area contributed by atoms with Gasteiger partial charge in [-0.3, -0.25) is 14.6 Å². The molecule has 0 radical (unpaired) electrons. The van der Waals surface area contributed by atoms with Crippen molar-refractivity contribution in [3.63, 3.8) is 0 Å². The van der Waals surface area contributed by atoms with Gasteiger partial charge in [0.15, 0.2) is 0 Å². The molecule has 2 fully saturated rings. The first-order chi connectivity index (χ1) is 19.0. The molecule has 2 aliphatic rings. The van der Waals surface area contributed by atoms with Gasteiger partial charge in [0.1, 0.15) is 24.0 Å². The van der Waals surface area contributed by atoms with Crippen molar-refractivity contribution in [1.29, 1.82) is 0 Å². The lowest BCUT2D eigenvalue weighted by Crippen LogP contribution is -2.53. The minimum Gasteiger partial charge on any atom is -0.492 e. The van der Waals surface area contributed by atoms with Gasteiger partial charge in [0.25, 0.3) is 5.91 Å². The molecule has 9 heteroatoms. The Morgan fingerprint density at radius 1 is 1.03 bits per heavy atom. The molecule has 5 rings (SSSR count). The van der Waals surface area contributed by atoms with Crippen LogP contribution < -0.4 is 15.0 Å². The lowest BCUT2D eigenvalue weighted by atomic mass is 10.0. The fourth-order valence-corrected chi connectivity index (χ4v) is 5.62. The predicted octanol–water partition coefficient (Wildman–Crippen LogP) is 4.72. The molecule has 0 bridgehead atoms. The molecule has 2 aliphatic heterocycles. The molecular formula is C30H37ClFN5O2. The van der Waals surface area contributed by atoms with Gasteiger partial charge in [-0.05, 0) is 61.8 Å².